The molecular weight excluding hydrogens is 528 g/mol. The lowest BCUT2D eigenvalue weighted by molar-refractivity contribution is -0.274. The van der Waals surface area contributed by atoms with Gasteiger partial charge in [0.05, 0.1) is 21.3 Å². The Morgan fingerprint density at radius 1 is 1.17 bits per heavy atom. The average Bonchev–Trinajstić information content (AvgIpc) is 3.46. The van der Waals surface area contributed by atoms with Gasteiger partial charge in [-0.2, -0.15) is 0 Å². The van der Waals surface area contributed by atoms with E-state index in [0.29, 0.717) is 32.4 Å². The molecule has 0 aliphatic carbocycles. The molecule has 5 rings (SSSR count). The molecule has 0 bridgehead atoms. The number of hydrogen-bond acceptors (Lipinski definition) is 7. The zero-order valence-corrected chi connectivity index (χ0v) is 20.6. The van der Waals surface area contributed by atoms with E-state index in [2.05, 4.69) is 30.7 Å². The first kappa shape index (κ1) is 26.8. The number of alkyl halides is 3. The van der Waals surface area contributed by atoms with Crippen LogP contribution >= 0.6 is 36.2 Å². The van der Waals surface area contributed by atoms with Gasteiger partial charge in [-0.25, -0.2) is 9.97 Å². The number of nitrogens with one attached hydrogen (secondary N) is 3. The van der Waals surface area contributed by atoms with E-state index >= 15 is 0 Å². The molecular formula is C21H21Cl2F3N6O2S. The quantitative estimate of drug-likeness (QED) is 0.333. The number of fused-ring (bicyclic) bond motifs is 2. The number of aryl methyl sites for hydroxylation is 1. The highest BCUT2D eigenvalue weighted by Crippen LogP contribution is 2.33. The molecule has 2 aromatic heterocycles. The van der Waals surface area contributed by atoms with Gasteiger partial charge in [0.15, 0.2) is 5.13 Å². The second-order valence-electron chi connectivity index (χ2n) is 7.68. The molecule has 35 heavy (non-hydrogen) atoms. The molecule has 2 aromatic carbocycles. The summed E-state index contributed by atoms with van der Waals surface area (Å²) in [5.41, 5.74) is 2.52. The molecule has 3 N–H and O–H groups in total. The number of hydrogen-bond donors (Lipinski definition) is 3. The molecule has 1 aliphatic rings. The Kier molecular flexibility index (Phi) is 8.00. The maximum Gasteiger partial charge on any atom is 0.573 e. The van der Waals surface area contributed by atoms with Crippen molar-refractivity contribution in [2.75, 3.05) is 18.4 Å². The van der Waals surface area contributed by atoms with Crippen molar-refractivity contribution in [2.45, 2.75) is 18.8 Å². The molecule has 1 saturated heterocycles. The fourth-order valence-corrected chi connectivity index (χ4v) is 4.64. The van der Waals surface area contributed by atoms with E-state index in [1.807, 2.05) is 17.7 Å². The minimum atomic E-state index is -4.75. The number of carbonyl (C=O) groups is 1. The largest absolute Gasteiger partial charge is 0.573 e. The summed E-state index contributed by atoms with van der Waals surface area (Å²) in [6.07, 6.45) is -3.85. The smallest absolute Gasteiger partial charge is 0.406 e. The minimum Gasteiger partial charge on any atom is -0.406 e. The highest BCUT2D eigenvalue weighted by atomic mass is 35.5. The van der Waals surface area contributed by atoms with E-state index in [-0.39, 0.29) is 42.5 Å². The minimum absolute atomic E-state index is 0. The molecule has 0 radical (unpaired) electrons. The third-order valence-corrected chi connectivity index (χ3v) is 6.28. The SMILES string of the molecule is Cl.Cl.Cn1c(Nc2nc3ccc(OC(F)(F)F)cc3s2)nc2cc(C(=O)NC3CCNC3)ccc21. The van der Waals surface area contributed by atoms with E-state index in [1.165, 1.54) is 29.5 Å². The van der Waals surface area contributed by atoms with Crippen molar-refractivity contribution in [1.29, 1.82) is 0 Å². The van der Waals surface area contributed by atoms with Gasteiger partial charge in [-0.1, -0.05) is 11.3 Å². The van der Waals surface area contributed by atoms with Gasteiger partial charge in [0.25, 0.3) is 5.91 Å². The van der Waals surface area contributed by atoms with E-state index < -0.39 is 6.36 Å². The van der Waals surface area contributed by atoms with E-state index in [1.54, 1.807) is 12.1 Å². The van der Waals surface area contributed by atoms with Crippen LogP contribution in [0.3, 0.4) is 0 Å². The summed E-state index contributed by atoms with van der Waals surface area (Å²) in [4.78, 5) is 21.5. The van der Waals surface area contributed by atoms with Crippen LogP contribution in [0.2, 0.25) is 0 Å². The van der Waals surface area contributed by atoms with Crippen molar-refractivity contribution in [3.8, 4) is 5.75 Å². The van der Waals surface area contributed by atoms with Crippen molar-refractivity contribution in [1.82, 2.24) is 25.2 Å². The van der Waals surface area contributed by atoms with Gasteiger partial charge in [-0.15, -0.1) is 38.0 Å². The highest BCUT2D eigenvalue weighted by Gasteiger charge is 2.31. The second kappa shape index (κ2) is 10.4. The molecule has 1 unspecified atom stereocenters. The van der Waals surface area contributed by atoms with Crippen LogP contribution in [0.25, 0.3) is 21.3 Å². The Bertz CT molecular complexity index is 1350. The van der Waals surface area contributed by atoms with Gasteiger partial charge in [-0.05, 0) is 43.3 Å². The molecule has 1 atom stereocenters. The number of amides is 1. The van der Waals surface area contributed by atoms with Crippen LogP contribution in [0.1, 0.15) is 16.8 Å². The van der Waals surface area contributed by atoms with Gasteiger partial charge in [0.1, 0.15) is 5.75 Å². The molecule has 1 fully saturated rings. The monoisotopic (exact) mass is 548 g/mol. The fraction of sp³-hybridized carbons (Fsp3) is 0.286. The number of nitrogens with zero attached hydrogens (tertiary/aromatic N) is 3. The molecule has 4 aromatic rings. The summed E-state index contributed by atoms with van der Waals surface area (Å²) in [7, 11) is 1.82. The summed E-state index contributed by atoms with van der Waals surface area (Å²) < 4.78 is 43.8. The molecule has 14 heteroatoms. The number of aromatic nitrogens is 3. The zero-order chi connectivity index (χ0) is 23.2. The predicted octanol–water partition coefficient (Wildman–Crippen LogP) is 4.76. The van der Waals surface area contributed by atoms with Gasteiger partial charge in [0.2, 0.25) is 5.95 Å². The molecule has 188 valence electrons. The van der Waals surface area contributed by atoms with Crippen molar-refractivity contribution in [3.05, 3.63) is 42.0 Å². The second-order valence-corrected chi connectivity index (χ2v) is 8.71. The average molecular weight is 549 g/mol. The van der Waals surface area contributed by atoms with Crippen molar-refractivity contribution in [3.63, 3.8) is 0 Å². The summed E-state index contributed by atoms with van der Waals surface area (Å²) >= 11 is 1.18. The molecule has 0 saturated carbocycles. The van der Waals surface area contributed by atoms with Crippen LogP contribution < -0.4 is 20.7 Å². The number of anilines is 2. The van der Waals surface area contributed by atoms with E-state index in [4.69, 9.17) is 0 Å². The Morgan fingerprint density at radius 3 is 2.69 bits per heavy atom. The Morgan fingerprint density at radius 2 is 1.97 bits per heavy atom. The van der Waals surface area contributed by atoms with Crippen LogP contribution in [0.4, 0.5) is 24.3 Å². The molecule has 8 nitrogen and oxygen atoms in total. The summed E-state index contributed by atoms with van der Waals surface area (Å²) in [6, 6.07) is 9.43. The number of imidazole rings is 1. The first-order chi connectivity index (χ1) is 15.7. The van der Waals surface area contributed by atoms with Crippen molar-refractivity contribution < 1.29 is 22.7 Å². The molecule has 1 aliphatic heterocycles. The van der Waals surface area contributed by atoms with E-state index in [0.717, 1.165) is 25.0 Å². The summed E-state index contributed by atoms with van der Waals surface area (Å²) in [5.74, 6) is 0.0503. The summed E-state index contributed by atoms with van der Waals surface area (Å²) in [5, 5.41) is 9.81. The van der Waals surface area contributed by atoms with Crippen molar-refractivity contribution in [2.24, 2.45) is 7.05 Å². The first-order valence-corrected chi connectivity index (χ1v) is 11.0. The van der Waals surface area contributed by atoms with Gasteiger partial charge >= 0.3 is 6.36 Å². The third kappa shape index (κ3) is 5.89. The van der Waals surface area contributed by atoms with E-state index in [9.17, 15) is 18.0 Å². The lowest BCUT2D eigenvalue weighted by Crippen LogP contribution is -2.36. The Balaban J connectivity index is 0.00000171. The Labute approximate surface area is 214 Å². The lowest BCUT2D eigenvalue weighted by atomic mass is 10.1. The number of ether oxygens (including phenoxy) is 1. The number of thiazole rings is 1. The molecule has 3 heterocycles. The number of benzene rings is 2. The van der Waals surface area contributed by atoms with Gasteiger partial charge < -0.3 is 25.3 Å². The zero-order valence-electron chi connectivity index (χ0n) is 18.2. The topological polar surface area (TPSA) is 93.1 Å². The number of carbonyl (C=O) groups excluding carboxylic acids is 1. The highest BCUT2D eigenvalue weighted by molar-refractivity contribution is 7.22. The standard InChI is InChI=1S/C21H19F3N6O2S.2ClH/c1-30-16-5-2-11(18(31)26-12-6-7-25-10-12)8-15(16)27-19(30)29-20-28-14-4-3-13(9-17(14)33-20)32-21(22,23)24;;/h2-5,8-9,12,25H,6-7,10H2,1H3,(H,26,31)(H,27,28,29);2*1H. The van der Waals surface area contributed by atoms with Crippen LogP contribution in [0.15, 0.2) is 36.4 Å². The third-order valence-electron chi connectivity index (χ3n) is 5.35. The van der Waals surface area contributed by atoms with Crippen LogP contribution in [0.5, 0.6) is 5.75 Å². The number of halogens is 5. The van der Waals surface area contributed by atoms with Crippen LogP contribution in [-0.2, 0) is 7.05 Å². The Hall–Kier alpha value is -2.80. The molecule has 1 amide bonds. The molecule has 0 spiro atoms. The van der Waals surface area contributed by atoms with Crippen LogP contribution in [-0.4, -0.2) is 45.9 Å². The normalized spacial score (nSPS) is 15.5. The van der Waals surface area contributed by atoms with Crippen LogP contribution in [0, 0.1) is 0 Å². The van der Waals surface area contributed by atoms with Gasteiger partial charge in [0, 0.05) is 31.3 Å². The predicted molar refractivity (Wildman–Crippen MR) is 134 cm³/mol. The fourth-order valence-electron chi connectivity index (χ4n) is 3.75. The summed E-state index contributed by atoms with van der Waals surface area (Å²) in [6.45, 7) is 1.65. The number of rotatable bonds is 5. The van der Waals surface area contributed by atoms with Gasteiger partial charge in [-0.3, -0.25) is 4.79 Å². The maximum atomic E-state index is 12.6. The van der Waals surface area contributed by atoms with Crippen molar-refractivity contribution >= 4 is 74.4 Å². The lowest BCUT2D eigenvalue weighted by Gasteiger charge is -2.11. The maximum absolute atomic E-state index is 12.6. The first-order valence-electron chi connectivity index (χ1n) is 10.2.